The van der Waals surface area contributed by atoms with Crippen LogP contribution in [0.2, 0.25) is 0 Å². The second kappa shape index (κ2) is 8.03. The zero-order chi connectivity index (χ0) is 21.8. The molecule has 0 aliphatic heterocycles. The molecule has 4 N–H and O–H groups in total. The van der Waals surface area contributed by atoms with E-state index >= 15 is 0 Å². The molecule has 4 aliphatic carbocycles. The molecule has 3 unspecified atom stereocenters. The summed E-state index contributed by atoms with van der Waals surface area (Å²) >= 11 is 0. The Bertz CT molecular complexity index is 714. The van der Waals surface area contributed by atoms with E-state index in [4.69, 9.17) is 0 Å². The maximum absolute atomic E-state index is 11.2. The van der Waals surface area contributed by atoms with Crippen molar-refractivity contribution in [1.82, 2.24) is 0 Å². The Morgan fingerprint density at radius 3 is 2.47 bits per heavy atom. The molecule has 0 bridgehead atoms. The summed E-state index contributed by atoms with van der Waals surface area (Å²) in [6.07, 6.45) is 9.40. The average Bonchev–Trinajstić information content (AvgIpc) is 2.98. The zero-order valence-electron chi connectivity index (χ0n) is 19.2. The van der Waals surface area contributed by atoms with Crippen LogP contribution in [-0.2, 0) is 0 Å². The fourth-order valence-electron chi connectivity index (χ4n) is 7.98. The average molecular weight is 419 g/mol. The topological polar surface area (TPSA) is 80.9 Å². The van der Waals surface area contributed by atoms with E-state index < -0.39 is 12.2 Å². The van der Waals surface area contributed by atoms with Crippen molar-refractivity contribution >= 4 is 0 Å². The summed E-state index contributed by atoms with van der Waals surface area (Å²) in [5.74, 6) is 1.47. The summed E-state index contributed by atoms with van der Waals surface area (Å²) in [5, 5.41) is 41.9. The quantitative estimate of drug-likeness (QED) is 0.523. The van der Waals surface area contributed by atoms with Gasteiger partial charge in [-0.1, -0.05) is 45.4 Å². The van der Waals surface area contributed by atoms with Crippen molar-refractivity contribution in [2.24, 2.45) is 40.4 Å². The molecule has 4 rings (SSSR count). The molecule has 4 nitrogen and oxygen atoms in total. The number of aliphatic hydroxyl groups excluding tert-OH is 4. The van der Waals surface area contributed by atoms with Gasteiger partial charge in [0.25, 0.3) is 0 Å². The van der Waals surface area contributed by atoms with E-state index in [0.717, 1.165) is 32.1 Å². The van der Waals surface area contributed by atoms with Crippen LogP contribution in [0.4, 0.5) is 0 Å². The summed E-state index contributed by atoms with van der Waals surface area (Å²) in [6, 6.07) is 0. The van der Waals surface area contributed by atoms with Crippen molar-refractivity contribution in [2.75, 3.05) is 6.61 Å². The van der Waals surface area contributed by atoms with Gasteiger partial charge in [-0.15, -0.1) is 0 Å². The van der Waals surface area contributed by atoms with Crippen molar-refractivity contribution in [1.29, 1.82) is 0 Å². The van der Waals surface area contributed by atoms with Crippen LogP contribution in [0.3, 0.4) is 0 Å². The van der Waals surface area contributed by atoms with Crippen molar-refractivity contribution < 1.29 is 20.4 Å². The van der Waals surface area contributed by atoms with Gasteiger partial charge in [0.2, 0.25) is 0 Å². The molecule has 0 radical (unpaired) electrons. The van der Waals surface area contributed by atoms with Crippen LogP contribution >= 0.6 is 0 Å². The Labute approximate surface area is 182 Å². The number of allylic oxidation sites excluding steroid dienone is 1. The Kier molecular flexibility index (Phi) is 6.02. The van der Waals surface area contributed by atoms with Gasteiger partial charge >= 0.3 is 0 Å². The maximum atomic E-state index is 11.2. The molecule has 0 saturated heterocycles. The predicted molar refractivity (Wildman–Crippen MR) is 119 cm³/mol. The second-order valence-electron chi connectivity index (χ2n) is 11.5. The molecule has 0 aromatic heterocycles. The first-order chi connectivity index (χ1) is 14.1. The normalized spacial score (nSPS) is 48.3. The molecule has 3 fully saturated rings. The highest BCUT2D eigenvalue weighted by molar-refractivity contribution is 5.38. The van der Waals surface area contributed by atoms with E-state index in [1.807, 2.05) is 6.92 Å². The Balaban J connectivity index is 1.68. The third kappa shape index (κ3) is 3.43. The molecule has 4 heteroatoms. The van der Waals surface area contributed by atoms with Gasteiger partial charge in [-0.25, -0.2) is 0 Å². The summed E-state index contributed by atoms with van der Waals surface area (Å²) in [7, 11) is 0. The molecular weight excluding hydrogens is 376 g/mol. The highest BCUT2D eigenvalue weighted by Crippen LogP contribution is 2.65. The highest BCUT2D eigenvalue weighted by Gasteiger charge is 2.59. The van der Waals surface area contributed by atoms with E-state index in [9.17, 15) is 20.4 Å². The fraction of sp³-hybridized carbons (Fsp3) is 0.846. The number of fused-ring (bicyclic) bond motifs is 4. The molecule has 10 atom stereocenters. The van der Waals surface area contributed by atoms with Crippen LogP contribution < -0.4 is 0 Å². The third-order valence-corrected chi connectivity index (χ3v) is 9.71. The Morgan fingerprint density at radius 2 is 1.77 bits per heavy atom. The molecule has 3 saturated carbocycles. The first kappa shape index (κ1) is 22.5. The van der Waals surface area contributed by atoms with Crippen molar-refractivity contribution in [3.63, 3.8) is 0 Å². The van der Waals surface area contributed by atoms with Crippen molar-refractivity contribution in [3.05, 3.63) is 23.3 Å². The monoisotopic (exact) mass is 418 g/mol. The van der Waals surface area contributed by atoms with Crippen LogP contribution in [0.15, 0.2) is 23.3 Å². The molecule has 0 aromatic carbocycles. The number of rotatable bonds is 4. The van der Waals surface area contributed by atoms with E-state index in [0.29, 0.717) is 30.6 Å². The maximum Gasteiger partial charge on any atom is 0.0761 e. The van der Waals surface area contributed by atoms with Crippen molar-refractivity contribution in [2.45, 2.75) is 91.0 Å². The smallest absolute Gasteiger partial charge is 0.0761 e. The van der Waals surface area contributed by atoms with Crippen LogP contribution in [0, 0.1) is 40.4 Å². The minimum atomic E-state index is -0.417. The largest absolute Gasteiger partial charge is 0.396 e. The lowest BCUT2D eigenvalue weighted by atomic mass is 9.48. The zero-order valence-corrected chi connectivity index (χ0v) is 19.2. The molecular formula is C26H42O4. The molecule has 0 heterocycles. The van der Waals surface area contributed by atoms with Gasteiger partial charge in [0.1, 0.15) is 0 Å². The molecule has 30 heavy (non-hydrogen) atoms. The predicted octanol–water partition coefficient (Wildman–Crippen LogP) is 3.83. The van der Waals surface area contributed by atoms with Gasteiger partial charge in [-0.3, -0.25) is 0 Å². The first-order valence-corrected chi connectivity index (χ1v) is 12.2. The second-order valence-corrected chi connectivity index (χ2v) is 11.5. The van der Waals surface area contributed by atoms with Crippen molar-refractivity contribution in [3.8, 4) is 0 Å². The summed E-state index contributed by atoms with van der Waals surface area (Å²) in [4.78, 5) is 0. The van der Waals surface area contributed by atoms with E-state index in [2.05, 4.69) is 32.9 Å². The van der Waals surface area contributed by atoms with E-state index in [1.165, 1.54) is 11.1 Å². The van der Waals surface area contributed by atoms with E-state index in [1.54, 1.807) is 0 Å². The molecule has 170 valence electrons. The van der Waals surface area contributed by atoms with Crippen LogP contribution in [0.1, 0.15) is 72.6 Å². The third-order valence-electron chi connectivity index (χ3n) is 9.71. The molecule has 4 aliphatic rings. The minimum absolute atomic E-state index is 0.0193. The van der Waals surface area contributed by atoms with Gasteiger partial charge in [-0.2, -0.15) is 0 Å². The first-order valence-electron chi connectivity index (χ1n) is 12.2. The lowest BCUT2D eigenvalue weighted by Crippen LogP contribution is -2.53. The lowest BCUT2D eigenvalue weighted by Gasteiger charge is -2.58. The van der Waals surface area contributed by atoms with Crippen LogP contribution in [0.25, 0.3) is 0 Å². The molecule has 0 aromatic rings. The fourth-order valence-corrected chi connectivity index (χ4v) is 7.98. The highest BCUT2D eigenvalue weighted by atomic mass is 16.3. The van der Waals surface area contributed by atoms with Gasteiger partial charge in [0.05, 0.1) is 18.3 Å². The van der Waals surface area contributed by atoms with Gasteiger partial charge < -0.3 is 20.4 Å². The van der Waals surface area contributed by atoms with Gasteiger partial charge in [0, 0.05) is 6.61 Å². The van der Waals surface area contributed by atoms with Gasteiger partial charge in [0.15, 0.2) is 0 Å². The summed E-state index contributed by atoms with van der Waals surface area (Å²) in [6.45, 7) is 9.11. The SMILES string of the molecule is CC(/C=C/[C@@H](C)[C@H]1C[C@@H](O)C2=C3C[C@H](O)C4C[C@@H](O)CC[C@]4(C)C3CC[C@@]21C)CO. The summed E-state index contributed by atoms with van der Waals surface area (Å²) in [5.41, 5.74) is 2.60. The Hall–Kier alpha value is -0.680. The van der Waals surface area contributed by atoms with Gasteiger partial charge in [-0.05, 0) is 90.9 Å². The standard InChI is InChI=1S/C26H42O4/c1-15(14-27)5-6-16(2)20-13-23(30)24-18-12-22(29)21-11-17(28)7-9-25(21,3)19(18)8-10-26(20,24)4/h5-6,15-17,19-23,27-30H,7-14H2,1-4H3/b6-5+/t15?,16-,17+,19?,20-,21?,22+,23-,25-,26-/m1/s1. The summed E-state index contributed by atoms with van der Waals surface area (Å²) < 4.78 is 0. The number of aliphatic hydroxyl groups is 4. The van der Waals surface area contributed by atoms with Crippen LogP contribution in [-0.4, -0.2) is 45.3 Å². The lowest BCUT2D eigenvalue weighted by molar-refractivity contribution is -0.0965. The molecule has 0 spiro atoms. The van der Waals surface area contributed by atoms with Crippen LogP contribution in [0.5, 0.6) is 0 Å². The number of hydrogen-bond acceptors (Lipinski definition) is 4. The minimum Gasteiger partial charge on any atom is -0.396 e. The Morgan fingerprint density at radius 1 is 1.03 bits per heavy atom. The molecule has 0 amide bonds. The number of hydrogen-bond donors (Lipinski definition) is 4. The van der Waals surface area contributed by atoms with E-state index in [-0.39, 0.29) is 35.4 Å².